The third-order valence-electron chi connectivity index (χ3n) is 9.75. The topological polar surface area (TPSA) is 92.4 Å². The molecule has 7 rings (SSSR count). The van der Waals surface area contributed by atoms with E-state index in [0.717, 1.165) is 12.5 Å². The molecule has 2 bridgehead atoms. The van der Waals surface area contributed by atoms with Crippen LogP contribution in [0.25, 0.3) is 22.2 Å². The number of fused-ring (bicyclic) bond motifs is 4. The lowest BCUT2D eigenvalue weighted by Crippen LogP contribution is -2.59. The Kier molecular flexibility index (Phi) is 6.25. The zero-order chi connectivity index (χ0) is 36.9. The summed E-state index contributed by atoms with van der Waals surface area (Å²) in [5, 5.41) is 2.72. The van der Waals surface area contributed by atoms with E-state index in [1.165, 1.54) is 13.0 Å². The first kappa shape index (κ1) is 25.8. The number of pyridine rings is 1. The Balaban J connectivity index is 1.40. The minimum absolute atomic E-state index is 0.00125. The number of hydrogen-bond donors (Lipinski definition) is 2. The third-order valence-corrected chi connectivity index (χ3v) is 10.1. The van der Waals surface area contributed by atoms with Gasteiger partial charge in [0, 0.05) is 43.5 Å². The Morgan fingerprint density at radius 1 is 1.28 bits per heavy atom. The summed E-state index contributed by atoms with van der Waals surface area (Å²) >= 11 is 6.60. The van der Waals surface area contributed by atoms with Gasteiger partial charge in [0.25, 0.3) is 0 Å². The van der Waals surface area contributed by atoms with E-state index in [1.54, 1.807) is 4.90 Å². The van der Waals surface area contributed by atoms with Crippen molar-refractivity contribution in [3.63, 3.8) is 0 Å². The molecule has 46 heavy (non-hydrogen) atoms. The van der Waals surface area contributed by atoms with Gasteiger partial charge in [-0.05, 0) is 75.2 Å². The molecular formula is C32H35ClF5N7O. The van der Waals surface area contributed by atoms with Gasteiger partial charge in [0.15, 0.2) is 5.82 Å². The smallest absolute Gasteiger partial charge is 0.418 e. The number of halogens is 6. The Morgan fingerprint density at radius 2 is 2.11 bits per heavy atom. The first-order chi connectivity index (χ1) is 23.8. The molecule has 0 amide bonds. The molecule has 0 radical (unpaired) electrons. The molecular weight excluding hydrogens is 629 g/mol. The van der Waals surface area contributed by atoms with Crippen molar-refractivity contribution in [2.45, 2.75) is 75.5 Å². The number of nitrogens with zero attached hydrogens (tertiary/aromatic N) is 5. The van der Waals surface area contributed by atoms with Gasteiger partial charge in [0.05, 0.1) is 33.7 Å². The van der Waals surface area contributed by atoms with Gasteiger partial charge in [0.2, 0.25) is 0 Å². The normalized spacial score (nSPS) is 29.5. The number of nitrogen functional groups attached to an aromatic ring is 1. The number of alkyl halides is 3. The van der Waals surface area contributed by atoms with Crippen molar-refractivity contribution in [3.8, 4) is 17.3 Å². The Bertz CT molecular complexity index is 1950. The lowest BCUT2D eigenvalue weighted by molar-refractivity contribution is -0.137. The fraction of sp³-hybridized carbons (Fsp3) is 0.531. The number of hydrogen-bond acceptors (Lipinski definition) is 8. The van der Waals surface area contributed by atoms with E-state index in [2.05, 4.69) is 25.2 Å². The van der Waals surface area contributed by atoms with Crippen molar-refractivity contribution in [2.75, 3.05) is 43.4 Å². The maximum atomic E-state index is 16.9. The van der Waals surface area contributed by atoms with Crippen molar-refractivity contribution < 1.29 is 33.5 Å². The van der Waals surface area contributed by atoms with Crippen LogP contribution in [0.4, 0.5) is 33.6 Å². The molecule has 6 heterocycles. The van der Waals surface area contributed by atoms with Gasteiger partial charge in [-0.1, -0.05) is 18.5 Å². The monoisotopic (exact) mass is 668 g/mol. The maximum Gasteiger partial charge on any atom is 0.418 e. The second kappa shape index (κ2) is 11.2. The molecule has 3 N–H and O–H groups in total. The summed E-state index contributed by atoms with van der Waals surface area (Å²) in [7, 11) is 0. The van der Waals surface area contributed by atoms with Crippen molar-refractivity contribution in [1.29, 1.82) is 0 Å². The highest BCUT2D eigenvalue weighted by Gasteiger charge is 2.48. The highest BCUT2D eigenvalue weighted by Crippen LogP contribution is 2.46. The molecule has 4 fully saturated rings. The van der Waals surface area contributed by atoms with Crippen LogP contribution in [0.3, 0.4) is 0 Å². The molecule has 0 spiro atoms. The summed E-state index contributed by atoms with van der Waals surface area (Å²) < 4.78 is 121. The Hall–Kier alpha value is -3.29. The third kappa shape index (κ3) is 5.14. The molecule has 0 aliphatic carbocycles. The van der Waals surface area contributed by atoms with Gasteiger partial charge in [-0.15, -0.1) is 0 Å². The molecule has 246 valence electrons. The minimum atomic E-state index is -4.95. The number of aryl methyl sites for hydroxylation is 1. The zero-order valence-corrected chi connectivity index (χ0v) is 25.6. The van der Waals surface area contributed by atoms with E-state index < -0.39 is 63.7 Å². The molecule has 14 heteroatoms. The van der Waals surface area contributed by atoms with E-state index in [0.29, 0.717) is 44.3 Å². The standard InChI is InChI=1S/C32H35ClF5N7O/c1-3-30-7-5-19(43-30)14-44(15-30)28-20-10-21(33)23(27-24(32(36,37)38)17(2)9-22(39)40-27)25(35)26(20)41-29(42-28)46-16-31-6-4-8-45(31)13-18(11-31)12-34/h9-10,12,19,43H,3-8,11,13-16H2,1-2H3,(H2,39,40)/b18-12-/t19-,30+,31-/m0/s1/i1D3,3D2. The molecule has 0 unspecified atom stereocenters. The molecule has 2 aromatic heterocycles. The second-order valence-electron chi connectivity index (χ2n) is 12.8. The summed E-state index contributed by atoms with van der Waals surface area (Å²) in [5.41, 5.74) is 0.832. The highest BCUT2D eigenvalue weighted by atomic mass is 35.5. The van der Waals surface area contributed by atoms with Crippen LogP contribution in [0.1, 0.15) is 63.3 Å². The van der Waals surface area contributed by atoms with Crippen molar-refractivity contribution in [2.24, 2.45) is 0 Å². The summed E-state index contributed by atoms with van der Waals surface area (Å²) in [6, 6.07) is 1.55. The number of piperazine rings is 1. The molecule has 4 aliphatic heterocycles. The van der Waals surface area contributed by atoms with Crippen LogP contribution >= 0.6 is 11.6 Å². The van der Waals surface area contributed by atoms with Gasteiger partial charge in [-0.3, -0.25) is 4.90 Å². The molecule has 4 saturated heterocycles. The fourth-order valence-corrected chi connectivity index (χ4v) is 8.03. The predicted molar refractivity (Wildman–Crippen MR) is 166 cm³/mol. The Labute approximate surface area is 275 Å². The molecule has 4 aliphatic rings. The van der Waals surface area contributed by atoms with Gasteiger partial charge >= 0.3 is 12.2 Å². The van der Waals surface area contributed by atoms with Crippen LogP contribution in [-0.2, 0) is 6.18 Å². The van der Waals surface area contributed by atoms with Crippen molar-refractivity contribution in [1.82, 2.24) is 25.2 Å². The predicted octanol–water partition coefficient (Wildman–Crippen LogP) is 6.59. The van der Waals surface area contributed by atoms with Crippen molar-refractivity contribution >= 4 is 34.1 Å². The number of ether oxygens (including phenoxy) is 1. The zero-order valence-electron chi connectivity index (χ0n) is 29.9. The molecule has 0 saturated carbocycles. The van der Waals surface area contributed by atoms with Crippen molar-refractivity contribution in [3.05, 3.63) is 46.0 Å². The number of nitrogens with two attached hydrogens (primary N) is 1. The van der Waals surface area contributed by atoms with Crippen LogP contribution in [-0.4, -0.2) is 69.8 Å². The van der Waals surface area contributed by atoms with Crippen LogP contribution in [0.15, 0.2) is 24.0 Å². The fourth-order valence-electron chi connectivity index (χ4n) is 7.74. The van der Waals surface area contributed by atoms with Crippen LogP contribution in [0, 0.1) is 12.7 Å². The van der Waals surface area contributed by atoms with Crippen LogP contribution in [0.2, 0.25) is 5.02 Å². The van der Waals surface area contributed by atoms with Gasteiger partial charge in [-0.25, -0.2) is 13.8 Å². The number of benzene rings is 1. The molecule has 3 atom stereocenters. The molecule has 8 nitrogen and oxygen atoms in total. The lowest BCUT2D eigenvalue weighted by atomic mass is 9.93. The van der Waals surface area contributed by atoms with Gasteiger partial charge in [0.1, 0.15) is 23.8 Å². The minimum Gasteiger partial charge on any atom is -0.461 e. The SMILES string of the molecule is [2H]C([2H])([2H])C([2H])([2H])[C@@]12CC[C@@H](CN(c3nc(OC[C@@]45CCCN4C/C(=C\F)C5)nc4c(F)c(-c5nc(N)cc(C)c5C(F)(F)F)c(Cl)cc34)C1)N2. The number of aromatic nitrogens is 3. The largest absolute Gasteiger partial charge is 0.461 e. The Morgan fingerprint density at radius 3 is 2.87 bits per heavy atom. The van der Waals surface area contributed by atoms with E-state index in [4.69, 9.17) is 28.9 Å². The lowest BCUT2D eigenvalue weighted by Gasteiger charge is -2.42. The second-order valence-corrected chi connectivity index (χ2v) is 13.2. The number of nitrogens with one attached hydrogen (secondary N) is 1. The average Bonchev–Trinajstić information content (AvgIpc) is 3.68. The summed E-state index contributed by atoms with van der Waals surface area (Å²) in [4.78, 5) is 16.6. The average molecular weight is 669 g/mol. The molecule has 3 aromatic rings. The molecule has 1 aromatic carbocycles. The van der Waals surface area contributed by atoms with Gasteiger partial charge < -0.3 is 20.7 Å². The van der Waals surface area contributed by atoms with E-state index in [-0.39, 0.29) is 60.8 Å². The van der Waals surface area contributed by atoms with Gasteiger partial charge in [-0.2, -0.15) is 23.1 Å². The first-order valence-corrected chi connectivity index (χ1v) is 15.4. The van der Waals surface area contributed by atoms with Crippen LogP contribution in [0.5, 0.6) is 6.01 Å². The van der Waals surface area contributed by atoms with E-state index in [1.807, 2.05) is 0 Å². The summed E-state index contributed by atoms with van der Waals surface area (Å²) in [5.74, 6) is -1.50. The number of anilines is 2. The van der Waals surface area contributed by atoms with E-state index in [9.17, 15) is 17.6 Å². The summed E-state index contributed by atoms with van der Waals surface area (Å²) in [6.07, 6.45) is -4.50. The van der Waals surface area contributed by atoms with E-state index >= 15 is 4.39 Å². The summed E-state index contributed by atoms with van der Waals surface area (Å²) in [6.45, 7) is -0.673. The first-order valence-electron chi connectivity index (χ1n) is 17.5. The maximum absolute atomic E-state index is 16.9. The van der Waals surface area contributed by atoms with Crippen LogP contribution < -0.4 is 20.7 Å². The number of rotatable bonds is 6. The quantitative estimate of drug-likeness (QED) is 0.285. The highest BCUT2D eigenvalue weighted by molar-refractivity contribution is 6.34.